The molecule has 2 aliphatic rings. The molecule has 0 radical (unpaired) electrons. The lowest BCUT2D eigenvalue weighted by molar-refractivity contribution is 0.0904. The van der Waals surface area contributed by atoms with Crippen LogP contribution in [0.15, 0.2) is 12.4 Å². The second-order valence-electron chi connectivity index (χ2n) is 5.63. The number of fused-ring (bicyclic) bond motifs is 2. The first-order valence-corrected chi connectivity index (χ1v) is 8.85. The maximum Gasteiger partial charge on any atom is 0.316 e. The van der Waals surface area contributed by atoms with Crippen LogP contribution >= 0.6 is 0 Å². The van der Waals surface area contributed by atoms with E-state index in [4.69, 9.17) is 4.74 Å². The van der Waals surface area contributed by atoms with E-state index in [1.54, 1.807) is 0 Å². The van der Waals surface area contributed by atoms with Crippen LogP contribution in [-0.4, -0.2) is 41.3 Å². The molecule has 0 aromatic carbocycles. The van der Waals surface area contributed by atoms with Gasteiger partial charge in [0, 0.05) is 18.3 Å². The number of hydrogen-bond acceptors (Lipinski definition) is 6. The highest BCUT2D eigenvalue weighted by Gasteiger charge is 2.48. The lowest BCUT2D eigenvalue weighted by atomic mass is 9.91. The van der Waals surface area contributed by atoms with Gasteiger partial charge < -0.3 is 4.74 Å². The summed E-state index contributed by atoms with van der Waals surface area (Å²) in [7, 11) is -3.00. The molecule has 21 heavy (non-hydrogen) atoms. The molecule has 114 valence electrons. The molecule has 3 heterocycles. The van der Waals surface area contributed by atoms with Crippen molar-refractivity contribution in [2.45, 2.75) is 43.1 Å². The van der Waals surface area contributed by atoms with Gasteiger partial charge in [-0.05, 0) is 32.6 Å². The van der Waals surface area contributed by atoms with Gasteiger partial charge in [0.1, 0.15) is 0 Å². The molecule has 6 nitrogen and oxygen atoms in total. The zero-order valence-corrected chi connectivity index (χ0v) is 12.7. The molecule has 2 bridgehead atoms. The van der Waals surface area contributed by atoms with E-state index in [9.17, 15) is 13.2 Å². The molecule has 0 amide bonds. The van der Waals surface area contributed by atoms with E-state index in [1.165, 1.54) is 12.4 Å². The topological polar surface area (TPSA) is 86.2 Å². The number of hydrogen-bond donors (Lipinski definition) is 0. The van der Waals surface area contributed by atoms with Gasteiger partial charge in [-0.2, -0.15) is 0 Å². The molecule has 7 heteroatoms. The molecule has 2 aliphatic heterocycles. The van der Waals surface area contributed by atoms with Crippen LogP contribution < -0.4 is 4.74 Å². The van der Waals surface area contributed by atoms with Gasteiger partial charge >= 0.3 is 6.01 Å². The van der Waals surface area contributed by atoms with E-state index in [0.29, 0.717) is 37.9 Å². The van der Waals surface area contributed by atoms with Crippen LogP contribution in [-0.2, 0) is 9.84 Å². The van der Waals surface area contributed by atoms with Crippen molar-refractivity contribution >= 4 is 15.6 Å². The zero-order chi connectivity index (χ0) is 15.0. The fourth-order valence-corrected chi connectivity index (χ4v) is 5.78. The van der Waals surface area contributed by atoms with Gasteiger partial charge in [-0.25, -0.2) is 18.4 Å². The quantitative estimate of drug-likeness (QED) is 0.782. The Bertz CT molecular complexity index is 621. The third-order valence-electron chi connectivity index (χ3n) is 4.39. The molecule has 0 aliphatic carbocycles. The van der Waals surface area contributed by atoms with Crippen LogP contribution in [0.3, 0.4) is 0 Å². The van der Waals surface area contributed by atoms with Crippen molar-refractivity contribution in [3.63, 3.8) is 0 Å². The highest BCUT2D eigenvalue weighted by Crippen LogP contribution is 2.42. The summed E-state index contributed by atoms with van der Waals surface area (Å²) in [6.07, 6.45) is 5.18. The van der Waals surface area contributed by atoms with Gasteiger partial charge in [-0.3, -0.25) is 4.79 Å². The van der Waals surface area contributed by atoms with Crippen molar-refractivity contribution in [2.24, 2.45) is 5.92 Å². The van der Waals surface area contributed by atoms with Gasteiger partial charge in [0.05, 0.1) is 22.7 Å². The Morgan fingerprint density at radius 1 is 1.24 bits per heavy atom. The number of aromatic nitrogens is 2. The Balaban J connectivity index is 1.75. The smallest absolute Gasteiger partial charge is 0.316 e. The normalized spacial score (nSPS) is 30.0. The summed E-state index contributed by atoms with van der Waals surface area (Å²) in [5.41, 5.74) is 0.433. The molecule has 3 rings (SSSR count). The molecule has 0 saturated carbocycles. The van der Waals surface area contributed by atoms with Gasteiger partial charge in [0.15, 0.2) is 15.6 Å². The second-order valence-corrected chi connectivity index (χ2v) is 8.14. The lowest BCUT2D eigenvalue weighted by Gasteiger charge is -2.26. The highest BCUT2D eigenvalue weighted by molar-refractivity contribution is 7.93. The van der Waals surface area contributed by atoms with Crippen molar-refractivity contribution in [3.05, 3.63) is 18.0 Å². The fourth-order valence-electron chi connectivity index (χ4n) is 3.30. The van der Waals surface area contributed by atoms with Gasteiger partial charge in [0.25, 0.3) is 0 Å². The first kappa shape index (κ1) is 14.4. The second kappa shape index (κ2) is 5.36. The fraction of sp³-hybridized carbons (Fsp3) is 0.643. The first-order valence-electron chi connectivity index (χ1n) is 7.24. The van der Waals surface area contributed by atoms with Crippen LogP contribution in [0.4, 0.5) is 0 Å². The molecule has 1 aromatic heterocycles. The minimum absolute atomic E-state index is 0.0511. The third-order valence-corrected chi connectivity index (χ3v) is 7.11. The average Bonchev–Trinajstić information content (AvgIpc) is 2.67. The van der Waals surface area contributed by atoms with Crippen LogP contribution in [0.5, 0.6) is 6.01 Å². The average molecular weight is 310 g/mol. The zero-order valence-electron chi connectivity index (χ0n) is 11.9. The van der Waals surface area contributed by atoms with Gasteiger partial charge in [0.2, 0.25) is 0 Å². The molecular weight excluding hydrogens is 292 g/mol. The Kier molecular flexibility index (Phi) is 3.69. The molecule has 2 atom stereocenters. The van der Waals surface area contributed by atoms with Crippen molar-refractivity contribution in [2.75, 3.05) is 6.61 Å². The summed E-state index contributed by atoms with van der Waals surface area (Å²) in [5.74, 6) is -0.280. The van der Waals surface area contributed by atoms with E-state index < -0.39 is 9.84 Å². The van der Waals surface area contributed by atoms with Crippen LogP contribution in [0.25, 0.3) is 0 Å². The predicted octanol–water partition coefficient (Wildman–Crippen LogP) is 1.41. The number of ether oxygens (including phenoxy) is 1. The lowest BCUT2D eigenvalue weighted by Crippen LogP contribution is -2.36. The monoisotopic (exact) mass is 310 g/mol. The minimum Gasteiger partial charge on any atom is -0.464 e. The molecule has 0 spiro atoms. The van der Waals surface area contributed by atoms with Crippen molar-refractivity contribution in [3.8, 4) is 6.01 Å². The number of nitrogens with zero attached hydrogens (tertiary/aromatic N) is 2. The van der Waals surface area contributed by atoms with Crippen LogP contribution in [0, 0.1) is 5.92 Å². The maximum absolute atomic E-state index is 12.5. The summed E-state index contributed by atoms with van der Waals surface area (Å²) < 4.78 is 29.2. The van der Waals surface area contributed by atoms with Crippen molar-refractivity contribution < 1.29 is 17.9 Å². The Labute approximate surface area is 123 Å². The molecule has 2 fully saturated rings. The summed E-state index contributed by atoms with van der Waals surface area (Å²) in [5, 5.41) is -0.678. The molecule has 1 aromatic rings. The first-order chi connectivity index (χ1) is 10.0. The van der Waals surface area contributed by atoms with E-state index in [0.717, 1.165) is 0 Å². The van der Waals surface area contributed by atoms with E-state index in [1.807, 2.05) is 6.92 Å². The Morgan fingerprint density at radius 3 is 2.33 bits per heavy atom. The van der Waals surface area contributed by atoms with Crippen molar-refractivity contribution in [1.29, 1.82) is 0 Å². The minimum atomic E-state index is -3.00. The summed E-state index contributed by atoms with van der Waals surface area (Å²) in [4.78, 5) is 20.5. The Hall–Kier alpha value is -1.50. The standard InChI is InChI=1S/C14H18N2O4S/c1-2-20-14-15-7-10(8-16-14)13(17)9-5-11-3-4-12(6-9)21(11,18)19/h7-9,11-12H,2-6H2,1H3. The third kappa shape index (κ3) is 2.54. The predicted molar refractivity (Wildman–Crippen MR) is 76.0 cm³/mol. The van der Waals surface area contributed by atoms with Crippen LogP contribution in [0.1, 0.15) is 43.0 Å². The van der Waals surface area contributed by atoms with E-state index in [-0.39, 0.29) is 28.2 Å². The summed E-state index contributed by atoms with van der Waals surface area (Å²) >= 11 is 0. The number of ketones is 1. The largest absolute Gasteiger partial charge is 0.464 e. The molecule has 2 saturated heterocycles. The number of carbonyl (C=O) groups is 1. The molecular formula is C14H18N2O4S. The van der Waals surface area contributed by atoms with Crippen LogP contribution in [0.2, 0.25) is 0 Å². The van der Waals surface area contributed by atoms with E-state index in [2.05, 4.69) is 9.97 Å². The molecule has 0 N–H and O–H groups in total. The highest BCUT2D eigenvalue weighted by atomic mass is 32.2. The maximum atomic E-state index is 12.5. The van der Waals surface area contributed by atoms with E-state index >= 15 is 0 Å². The van der Waals surface area contributed by atoms with Gasteiger partial charge in [-0.1, -0.05) is 0 Å². The number of sulfone groups is 1. The number of carbonyl (C=O) groups excluding carboxylic acids is 1. The summed E-state index contributed by atoms with van der Waals surface area (Å²) in [6, 6.07) is 0.250. The van der Waals surface area contributed by atoms with Gasteiger partial charge in [-0.15, -0.1) is 0 Å². The van der Waals surface area contributed by atoms with Crippen molar-refractivity contribution in [1.82, 2.24) is 9.97 Å². The SMILES string of the molecule is CCOc1ncc(C(=O)C2CC3CCC(C2)S3(=O)=O)cn1. The Morgan fingerprint density at radius 2 is 1.81 bits per heavy atom. The number of Topliss-reactive ketones (excluding diaryl/α,β-unsaturated/α-hetero) is 1. The summed E-state index contributed by atoms with van der Waals surface area (Å²) in [6.45, 7) is 2.30. The number of rotatable bonds is 4. The molecule has 2 unspecified atom stereocenters.